The molecule has 2 aromatic carbocycles. The number of ether oxygens (including phenoxy) is 1. The summed E-state index contributed by atoms with van der Waals surface area (Å²) in [6, 6.07) is 9.64. The predicted molar refractivity (Wildman–Crippen MR) is 103 cm³/mol. The fraction of sp³-hybridized carbons (Fsp3) is 0.350. The highest BCUT2D eigenvalue weighted by molar-refractivity contribution is 7.86. The number of hydrogen-bond donors (Lipinski definition) is 1. The molecule has 10 heteroatoms. The van der Waals surface area contributed by atoms with E-state index in [2.05, 4.69) is 0 Å². The number of ketones is 1. The van der Waals surface area contributed by atoms with Crippen molar-refractivity contribution < 1.29 is 31.1 Å². The van der Waals surface area contributed by atoms with Gasteiger partial charge in [-0.2, -0.15) is 25.9 Å². The summed E-state index contributed by atoms with van der Waals surface area (Å²) in [5.74, 6) is 0.167. The Kier molecular flexibility index (Phi) is 4.91. The maximum atomic E-state index is 13.0. The van der Waals surface area contributed by atoms with Crippen LogP contribution in [0.15, 0.2) is 42.5 Å². The molecule has 0 saturated carbocycles. The van der Waals surface area contributed by atoms with E-state index in [0.717, 1.165) is 16.4 Å². The van der Waals surface area contributed by atoms with E-state index in [1.807, 2.05) is 0 Å². The minimum Gasteiger partial charge on any atom is -0.486 e. The summed E-state index contributed by atoms with van der Waals surface area (Å²) in [7, 11) is -3.79. The lowest BCUT2D eigenvalue weighted by atomic mass is 9.82. The Balaban J connectivity index is 1.60. The molecular weight excluding hydrogens is 421 g/mol. The maximum Gasteiger partial charge on any atom is 0.416 e. The van der Waals surface area contributed by atoms with Gasteiger partial charge in [0.25, 0.3) is 10.2 Å². The Morgan fingerprint density at radius 3 is 2.33 bits per heavy atom. The van der Waals surface area contributed by atoms with Gasteiger partial charge in [-0.25, -0.2) is 5.14 Å². The van der Waals surface area contributed by atoms with E-state index < -0.39 is 27.6 Å². The fourth-order valence-electron chi connectivity index (χ4n) is 3.98. The van der Waals surface area contributed by atoms with Crippen molar-refractivity contribution in [2.24, 2.45) is 5.14 Å². The lowest BCUT2D eigenvalue weighted by Gasteiger charge is -2.43. The van der Waals surface area contributed by atoms with Crippen molar-refractivity contribution in [3.8, 4) is 16.9 Å². The molecule has 0 unspecified atom stereocenters. The minimum absolute atomic E-state index is 0.0739. The van der Waals surface area contributed by atoms with Crippen molar-refractivity contribution in [3.05, 3.63) is 53.6 Å². The molecule has 0 amide bonds. The van der Waals surface area contributed by atoms with Gasteiger partial charge in [0, 0.05) is 25.9 Å². The van der Waals surface area contributed by atoms with E-state index in [1.165, 1.54) is 6.07 Å². The van der Waals surface area contributed by atoms with Crippen LogP contribution >= 0.6 is 0 Å². The number of hydrogen-bond acceptors (Lipinski definition) is 4. The molecule has 30 heavy (non-hydrogen) atoms. The van der Waals surface area contributed by atoms with E-state index in [1.54, 1.807) is 24.3 Å². The van der Waals surface area contributed by atoms with Crippen molar-refractivity contribution in [3.63, 3.8) is 0 Å². The second kappa shape index (κ2) is 7.07. The number of rotatable bonds is 2. The summed E-state index contributed by atoms with van der Waals surface area (Å²) in [4.78, 5) is 12.8. The zero-order valence-electron chi connectivity index (χ0n) is 15.8. The van der Waals surface area contributed by atoms with Crippen molar-refractivity contribution >= 4 is 16.0 Å². The highest BCUT2D eigenvalue weighted by Crippen LogP contribution is 2.41. The monoisotopic (exact) mass is 440 g/mol. The number of Topliss-reactive ketones (excluding diaryl/α,β-unsaturated/α-hetero) is 1. The van der Waals surface area contributed by atoms with E-state index in [4.69, 9.17) is 9.88 Å². The van der Waals surface area contributed by atoms with Gasteiger partial charge >= 0.3 is 6.18 Å². The normalized spacial score (nSPS) is 19.4. The maximum absolute atomic E-state index is 13.0. The van der Waals surface area contributed by atoms with Gasteiger partial charge in [-0.1, -0.05) is 18.2 Å². The third-order valence-corrected chi connectivity index (χ3v) is 6.69. The molecule has 6 nitrogen and oxygen atoms in total. The second-order valence-electron chi connectivity index (χ2n) is 7.62. The smallest absolute Gasteiger partial charge is 0.416 e. The summed E-state index contributed by atoms with van der Waals surface area (Å²) in [5, 5.41) is 5.16. The van der Waals surface area contributed by atoms with E-state index in [-0.39, 0.29) is 25.3 Å². The summed E-state index contributed by atoms with van der Waals surface area (Å²) >= 11 is 0. The van der Waals surface area contributed by atoms with Crippen molar-refractivity contribution in [2.75, 3.05) is 13.1 Å². The zero-order valence-corrected chi connectivity index (χ0v) is 16.6. The van der Waals surface area contributed by atoms with E-state index >= 15 is 0 Å². The topological polar surface area (TPSA) is 89.7 Å². The van der Waals surface area contributed by atoms with Crippen LogP contribution in [0.5, 0.6) is 5.75 Å². The number of nitrogens with two attached hydrogens (primary N) is 1. The molecule has 0 aromatic heterocycles. The standard InChI is InChI=1S/C20H19F3N2O4S/c21-20(22,23)15-3-1-2-13(10-15)14-4-5-18-16(11-14)17(26)12-19(29-18)6-8-25(9-7-19)30(24,27)28/h1-5,10-11H,6-9,12H2,(H2,24,27,28). The number of benzene rings is 2. The van der Waals surface area contributed by atoms with Gasteiger partial charge in [0.05, 0.1) is 17.5 Å². The first-order chi connectivity index (χ1) is 14.0. The van der Waals surface area contributed by atoms with Crippen LogP contribution in [0.4, 0.5) is 13.2 Å². The second-order valence-corrected chi connectivity index (χ2v) is 9.16. The van der Waals surface area contributed by atoms with Gasteiger partial charge in [0.1, 0.15) is 11.4 Å². The SMILES string of the molecule is NS(=O)(=O)N1CCC2(CC1)CC(=O)c1cc(-c3cccc(C(F)(F)F)c3)ccc1O2. The lowest BCUT2D eigenvalue weighted by molar-refractivity contribution is -0.137. The van der Waals surface area contributed by atoms with Gasteiger partial charge in [-0.3, -0.25) is 4.79 Å². The number of carbonyl (C=O) groups excluding carboxylic acids is 1. The first-order valence-corrected chi connectivity index (χ1v) is 10.8. The number of nitrogens with zero attached hydrogens (tertiary/aromatic N) is 1. The average molecular weight is 440 g/mol. The Hall–Kier alpha value is -2.43. The number of carbonyl (C=O) groups is 1. The van der Waals surface area contributed by atoms with Crippen molar-refractivity contribution in [1.82, 2.24) is 4.31 Å². The van der Waals surface area contributed by atoms with E-state index in [0.29, 0.717) is 35.3 Å². The Morgan fingerprint density at radius 2 is 1.70 bits per heavy atom. The first-order valence-electron chi connectivity index (χ1n) is 9.29. The third-order valence-electron chi connectivity index (χ3n) is 5.61. The highest BCUT2D eigenvalue weighted by atomic mass is 32.2. The van der Waals surface area contributed by atoms with Crippen LogP contribution in [0.3, 0.4) is 0 Å². The largest absolute Gasteiger partial charge is 0.486 e. The number of piperidine rings is 1. The predicted octanol–water partition coefficient (Wildman–Crippen LogP) is 3.38. The van der Waals surface area contributed by atoms with E-state index in [9.17, 15) is 26.4 Å². The molecule has 2 heterocycles. The fourth-order valence-corrected chi connectivity index (χ4v) is 4.67. The molecule has 1 saturated heterocycles. The summed E-state index contributed by atoms with van der Waals surface area (Å²) in [5.41, 5.74) is -0.424. The zero-order chi connectivity index (χ0) is 21.7. The van der Waals surface area contributed by atoms with Crippen LogP contribution < -0.4 is 9.88 Å². The summed E-state index contributed by atoms with van der Waals surface area (Å²) in [6.07, 6.45) is -3.74. The molecule has 0 bridgehead atoms. The molecule has 2 N–H and O–H groups in total. The lowest BCUT2D eigenvalue weighted by Crippen LogP contribution is -2.53. The molecule has 2 aliphatic rings. The van der Waals surface area contributed by atoms with Crippen molar-refractivity contribution in [2.45, 2.75) is 31.0 Å². The molecule has 4 rings (SSSR count). The molecule has 0 atom stereocenters. The average Bonchev–Trinajstić information content (AvgIpc) is 2.67. The summed E-state index contributed by atoms with van der Waals surface area (Å²) < 4.78 is 69.3. The Morgan fingerprint density at radius 1 is 1.03 bits per heavy atom. The van der Waals surface area contributed by atoms with Gasteiger partial charge in [0.2, 0.25) is 0 Å². The number of alkyl halides is 3. The molecule has 1 fully saturated rings. The van der Waals surface area contributed by atoms with Crippen LogP contribution in [0.2, 0.25) is 0 Å². The molecule has 0 aliphatic carbocycles. The molecule has 2 aliphatic heterocycles. The van der Waals surface area contributed by atoms with Crippen LogP contribution in [0.25, 0.3) is 11.1 Å². The Labute approximate surface area is 171 Å². The summed E-state index contributed by atoms with van der Waals surface area (Å²) in [6.45, 7) is 0.313. The minimum atomic E-state index is -4.46. The van der Waals surface area contributed by atoms with Crippen LogP contribution in [-0.4, -0.2) is 37.2 Å². The molecule has 2 aromatic rings. The van der Waals surface area contributed by atoms with Gasteiger partial charge in [-0.05, 0) is 35.4 Å². The van der Waals surface area contributed by atoms with Gasteiger partial charge < -0.3 is 4.74 Å². The highest BCUT2D eigenvalue weighted by Gasteiger charge is 2.44. The molecule has 160 valence electrons. The number of halogens is 3. The molecule has 0 radical (unpaired) electrons. The van der Waals surface area contributed by atoms with Crippen LogP contribution in [-0.2, 0) is 16.4 Å². The molecule has 1 spiro atoms. The third kappa shape index (κ3) is 3.94. The van der Waals surface area contributed by atoms with Crippen molar-refractivity contribution in [1.29, 1.82) is 0 Å². The van der Waals surface area contributed by atoms with Gasteiger partial charge in [0.15, 0.2) is 5.78 Å². The quantitative estimate of drug-likeness (QED) is 0.775. The van der Waals surface area contributed by atoms with Gasteiger partial charge in [-0.15, -0.1) is 0 Å². The van der Waals surface area contributed by atoms with Crippen LogP contribution in [0.1, 0.15) is 35.2 Å². The Bertz CT molecular complexity index is 1110. The first kappa shape index (κ1) is 20.8. The van der Waals surface area contributed by atoms with Crippen LogP contribution in [0, 0.1) is 0 Å². The number of fused-ring (bicyclic) bond motifs is 1. The molecular formula is C20H19F3N2O4S.